The predicted octanol–water partition coefficient (Wildman–Crippen LogP) is 19.5. The van der Waals surface area contributed by atoms with Crippen molar-refractivity contribution in [2.75, 3.05) is 52.9 Å². The SMILES string of the molecule is C.C.C.C.C.C.C=C(CCC(C)(C)C)C(C)(C)C.C=C(CCCOCCC(C)(C)C)CCc1cn(CCOCCCC(=C)C(C)(C)C)nn1.C=C(CCCOCCOCCC(C)(C)C)C(C)(C)C. The minimum atomic E-state index is 0. The number of aromatic nitrogens is 3. The van der Waals surface area contributed by atoms with Gasteiger partial charge in [0.2, 0.25) is 0 Å². The number of ether oxygens (including phenoxy) is 4. The average Bonchev–Trinajstić information content (AvgIpc) is 3.57. The van der Waals surface area contributed by atoms with Crippen molar-refractivity contribution in [1.29, 1.82) is 0 Å². The van der Waals surface area contributed by atoms with Gasteiger partial charge < -0.3 is 18.9 Å². The first-order valence-corrected chi connectivity index (χ1v) is 24.1. The van der Waals surface area contributed by atoms with Gasteiger partial charge in [0.25, 0.3) is 0 Å². The van der Waals surface area contributed by atoms with Crippen LogP contribution in [0.4, 0.5) is 0 Å². The van der Waals surface area contributed by atoms with Gasteiger partial charge in [0.1, 0.15) is 0 Å². The molecule has 0 amide bonds. The molecule has 1 rings (SSSR count). The van der Waals surface area contributed by atoms with Crippen molar-refractivity contribution in [3.63, 3.8) is 0 Å². The summed E-state index contributed by atoms with van der Waals surface area (Å²) < 4.78 is 24.5. The van der Waals surface area contributed by atoms with E-state index in [1.54, 1.807) is 0 Å². The van der Waals surface area contributed by atoms with Crippen LogP contribution >= 0.6 is 0 Å². The zero-order chi connectivity index (χ0) is 48.3. The molecular formula is C61H129N3O4. The minimum absolute atomic E-state index is 0. The fraction of sp³-hybridized carbons (Fsp3) is 0.836. The maximum atomic E-state index is 5.74. The van der Waals surface area contributed by atoms with Gasteiger partial charge in [-0.1, -0.05) is 223 Å². The molecule has 0 bridgehead atoms. The lowest BCUT2D eigenvalue weighted by Gasteiger charge is -2.25. The second kappa shape index (κ2) is 41.5. The normalized spacial score (nSPS) is 11.5. The van der Waals surface area contributed by atoms with Crippen molar-refractivity contribution in [2.45, 2.75) is 253 Å². The number of hydrogen-bond donors (Lipinski definition) is 0. The zero-order valence-electron chi connectivity index (χ0n) is 44.7. The van der Waals surface area contributed by atoms with Gasteiger partial charge in [-0.25, -0.2) is 4.68 Å². The molecule has 0 saturated heterocycles. The lowest BCUT2D eigenvalue weighted by atomic mass is 9.80. The smallest absolute Gasteiger partial charge is 0.0830 e. The van der Waals surface area contributed by atoms with Crippen molar-refractivity contribution in [3.8, 4) is 0 Å². The van der Waals surface area contributed by atoms with Crippen molar-refractivity contribution in [2.24, 2.45) is 32.5 Å². The fourth-order valence-electron chi connectivity index (χ4n) is 5.28. The number of hydrogen-bond acceptors (Lipinski definition) is 6. The van der Waals surface area contributed by atoms with Gasteiger partial charge in [-0.15, -0.1) is 5.10 Å². The van der Waals surface area contributed by atoms with E-state index >= 15 is 0 Å². The van der Waals surface area contributed by atoms with Crippen molar-refractivity contribution < 1.29 is 18.9 Å². The number of allylic oxidation sites excluding steroid dienone is 4. The van der Waals surface area contributed by atoms with Crippen LogP contribution in [-0.2, 0) is 31.9 Å². The van der Waals surface area contributed by atoms with E-state index in [4.69, 9.17) is 18.9 Å². The summed E-state index contributed by atoms with van der Waals surface area (Å²) in [6, 6.07) is 0. The van der Waals surface area contributed by atoms with Crippen LogP contribution in [0.2, 0.25) is 0 Å². The van der Waals surface area contributed by atoms with E-state index in [0.29, 0.717) is 36.1 Å². The molecule has 0 aliphatic rings. The van der Waals surface area contributed by atoms with Gasteiger partial charge in [-0.2, -0.15) is 0 Å². The molecule has 0 radical (unpaired) electrons. The van der Waals surface area contributed by atoms with E-state index in [9.17, 15) is 0 Å². The third-order valence-corrected chi connectivity index (χ3v) is 10.9. The minimum Gasteiger partial charge on any atom is -0.381 e. The number of nitrogens with zero attached hydrogens (tertiary/aromatic N) is 3. The molecule has 1 aromatic rings. The van der Waals surface area contributed by atoms with E-state index in [-0.39, 0.29) is 60.8 Å². The second-order valence-corrected chi connectivity index (χ2v) is 24.2. The Bertz CT molecular complexity index is 1350. The van der Waals surface area contributed by atoms with Crippen LogP contribution in [0.3, 0.4) is 0 Å². The third-order valence-electron chi connectivity index (χ3n) is 10.9. The molecule has 0 aliphatic carbocycles. The Kier molecular flexibility index (Phi) is 50.6. The molecule has 412 valence electrons. The maximum absolute atomic E-state index is 5.74. The first-order chi connectivity index (χ1) is 28.2. The Morgan fingerprint density at radius 3 is 1.15 bits per heavy atom. The quantitative estimate of drug-likeness (QED) is 0.0646. The topological polar surface area (TPSA) is 67.6 Å². The fourth-order valence-corrected chi connectivity index (χ4v) is 5.28. The second-order valence-electron chi connectivity index (χ2n) is 24.2. The summed E-state index contributed by atoms with van der Waals surface area (Å²) >= 11 is 0. The third kappa shape index (κ3) is 54.9. The van der Waals surface area contributed by atoms with Gasteiger partial charge in [0.05, 0.1) is 32.1 Å². The summed E-state index contributed by atoms with van der Waals surface area (Å²) in [5, 5.41) is 8.49. The first-order valence-electron chi connectivity index (χ1n) is 24.1. The molecular weight excluding hydrogens is 839 g/mol. The van der Waals surface area contributed by atoms with Crippen LogP contribution in [0.25, 0.3) is 0 Å². The molecule has 0 aromatic carbocycles. The number of aryl methyl sites for hydroxylation is 1. The van der Waals surface area contributed by atoms with E-state index in [2.05, 4.69) is 161 Å². The largest absolute Gasteiger partial charge is 0.381 e. The molecule has 0 saturated carbocycles. The molecule has 0 N–H and O–H groups in total. The van der Waals surface area contributed by atoms with Crippen LogP contribution in [0.5, 0.6) is 0 Å². The van der Waals surface area contributed by atoms with Crippen molar-refractivity contribution in [3.05, 3.63) is 60.5 Å². The summed E-state index contributed by atoms with van der Waals surface area (Å²) in [6.07, 6.45) is 14.6. The van der Waals surface area contributed by atoms with Crippen molar-refractivity contribution >= 4 is 0 Å². The Hall–Kier alpha value is -2.06. The van der Waals surface area contributed by atoms with E-state index in [1.807, 2.05) is 10.9 Å². The van der Waals surface area contributed by atoms with E-state index in [0.717, 1.165) is 116 Å². The lowest BCUT2D eigenvalue weighted by Crippen LogP contribution is -2.12. The van der Waals surface area contributed by atoms with Crippen LogP contribution in [-0.4, -0.2) is 67.8 Å². The first kappa shape index (κ1) is 82.8. The monoisotopic (exact) mass is 968 g/mol. The summed E-state index contributed by atoms with van der Waals surface area (Å²) in [5.74, 6) is 0. The summed E-state index contributed by atoms with van der Waals surface area (Å²) in [5.41, 5.74) is 8.06. The zero-order valence-corrected chi connectivity index (χ0v) is 44.7. The van der Waals surface area contributed by atoms with Crippen molar-refractivity contribution in [1.82, 2.24) is 15.0 Å². The molecule has 0 fully saturated rings. The molecule has 68 heavy (non-hydrogen) atoms. The van der Waals surface area contributed by atoms with Crippen LogP contribution in [0, 0.1) is 32.5 Å². The molecule has 7 heteroatoms. The molecule has 1 heterocycles. The Labute approximate surface area is 431 Å². The molecule has 0 unspecified atom stereocenters. The Morgan fingerprint density at radius 2 is 0.765 bits per heavy atom. The van der Waals surface area contributed by atoms with Crippen LogP contribution in [0.1, 0.15) is 246 Å². The standard InChI is InChI=1S/C26H47N3O2.C17H34O2.C12H24.6CH4/c1-22(11-9-17-30-19-15-25(3,4)5)13-14-24-21-29(28-27-24)16-20-31-18-10-12-23(2)26(6,7)8;1-15(17(5,6)7)9-8-11-18-13-14-19-12-10-16(2,3)4;1-10(12(5,6)7)8-9-11(2,3)4;;;;;;/h21H,1-2,9-20H2,3-8H3;1,8-14H2,2-7H3;1,8-9H2,2-7H3;6*1H4. The highest BCUT2D eigenvalue weighted by Crippen LogP contribution is 2.32. The molecule has 1 aromatic heterocycles. The number of rotatable bonds is 27. The van der Waals surface area contributed by atoms with Gasteiger partial charge >= 0.3 is 0 Å². The van der Waals surface area contributed by atoms with Gasteiger partial charge in [0.15, 0.2) is 0 Å². The molecule has 7 nitrogen and oxygen atoms in total. The van der Waals surface area contributed by atoms with Gasteiger partial charge in [-0.05, 0) is 110 Å². The van der Waals surface area contributed by atoms with Crippen LogP contribution in [0.15, 0.2) is 54.8 Å². The molecule has 0 spiro atoms. The van der Waals surface area contributed by atoms with E-state index in [1.165, 1.54) is 28.7 Å². The summed E-state index contributed by atoms with van der Waals surface area (Å²) in [7, 11) is 0. The molecule has 0 atom stereocenters. The van der Waals surface area contributed by atoms with Gasteiger partial charge in [-0.3, -0.25) is 0 Å². The summed E-state index contributed by atoms with van der Waals surface area (Å²) in [6.45, 7) is 63.7. The molecule has 0 aliphatic heterocycles. The highest BCUT2D eigenvalue weighted by Gasteiger charge is 2.18. The Balaban J connectivity index is -0.000000140. The predicted molar refractivity (Wildman–Crippen MR) is 311 cm³/mol. The average molecular weight is 969 g/mol. The highest BCUT2D eigenvalue weighted by atomic mass is 16.5. The van der Waals surface area contributed by atoms with Crippen LogP contribution < -0.4 is 0 Å². The van der Waals surface area contributed by atoms with E-state index < -0.39 is 0 Å². The highest BCUT2D eigenvalue weighted by molar-refractivity contribution is 5.06. The lowest BCUT2D eigenvalue weighted by molar-refractivity contribution is 0.0379. The Morgan fingerprint density at radius 1 is 0.426 bits per heavy atom. The maximum Gasteiger partial charge on any atom is 0.0830 e. The van der Waals surface area contributed by atoms with Gasteiger partial charge in [0, 0.05) is 39.2 Å². The summed E-state index contributed by atoms with van der Waals surface area (Å²) in [4.78, 5) is 0.